The highest BCUT2D eigenvalue weighted by molar-refractivity contribution is 5.67. The molecule has 2 N–H and O–H groups in total. The van der Waals surface area contributed by atoms with Crippen LogP contribution in [0.4, 0.5) is 4.39 Å². The van der Waals surface area contributed by atoms with Crippen molar-refractivity contribution in [3.05, 3.63) is 35.9 Å². The lowest BCUT2D eigenvalue weighted by atomic mass is 10.0. The molecule has 4 atom stereocenters. The number of ether oxygens (including phenoxy) is 1. The van der Waals surface area contributed by atoms with E-state index < -0.39 is 12.3 Å². The van der Waals surface area contributed by atoms with Gasteiger partial charge in [-0.2, -0.15) is 5.26 Å². The second-order valence-electron chi connectivity index (χ2n) is 6.48. The van der Waals surface area contributed by atoms with Crippen LogP contribution in [0.1, 0.15) is 24.8 Å². The van der Waals surface area contributed by atoms with E-state index in [1.807, 2.05) is 6.07 Å². The summed E-state index contributed by atoms with van der Waals surface area (Å²) in [6.45, 7) is 0. The number of piperidine rings is 1. The van der Waals surface area contributed by atoms with Crippen molar-refractivity contribution in [1.29, 1.82) is 5.26 Å². The van der Waals surface area contributed by atoms with Crippen molar-refractivity contribution < 1.29 is 14.2 Å². The second-order valence-corrected chi connectivity index (χ2v) is 6.48. The van der Waals surface area contributed by atoms with Crippen LogP contribution in [-0.4, -0.2) is 39.7 Å². The lowest BCUT2D eigenvalue weighted by Crippen LogP contribution is -2.51. The number of fused-ring (bicyclic) bond motifs is 2. The SMILES string of the molecule is N#Cc1ccc(-c2ccc(O[C@H]3C[C@@H]4CC[C@@H](N4)[C@H]3F)nn2)c(O)c1. The van der Waals surface area contributed by atoms with Gasteiger partial charge >= 0.3 is 0 Å². The maximum atomic E-state index is 14.4. The molecule has 0 amide bonds. The first kappa shape index (κ1) is 15.8. The summed E-state index contributed by atoms with van der Waals surface area (Å²) in [5.74, 6) is 0.228. The Labute approximate surface area is 144 Å². The summed E-state index contributed by atoms with van der Waals surface area (Å²) >= 11 is 0. The third-order valence-corrected chi connectivity index (χ3v) is 4.85. The van der Waals surface area contributed by atoms with Crippen molar-refractivity contribution in [2.24, 2.45) is 0 Å². The van der Waals surface area contributed by atoms with Crippen LogP contribution in [0.15, 0.2) is 30.3 Å². The van der Waals surface area contributed by atoms with E-state index in [0.29, 0.717) is 29.3 Å². The van der Waals surface area contributed by atoms with Gasteiger partial charge in [0.05, 0.1) is 17.3 Å². The van der Waals surface area contributed by atoms with Crippen LogP contribution >= 0.6 is 0 Å². The summed E-state index contributed by atoms with van der Waals surface area (Å²) in [4.78, 5) is 0. The fourth-order valence-electron chi connectivity index (χ4n) is 3.57. The molecule has 6 nitrogen and oxygen atoms in total. The molecule has 0 aliphatic carbocycles. The summed E-state index contributed by atoms with van der Waals surface area (Å²) in [6, 6.07) is 10.0. The van der Waals surface area contributed by atoms with Crippen LogP contribution in [0.25, 0.3) is 11.3 Å². The van der Waals surface area contributed by atoms with Crippen molar-refractivity contribution in [2.45, 2.75) is 43.6 Å². The highest BCUT2D eigenvalue weighted by Gasteiger charge is 2.43. The van der Waals surface area contributed by atoms with E-state index in [1.165, 1.54) is 6.07 Å². The monoisotopic (exact) mass is 340 g/mol. The Balaban J connectivity index is 1.50. The number of nitriles is 1. The quantitative estimate of drug-likeness (QED) is 0.891. The van der Waals surface area contributed by atoms with E-state index in [4.69, 9.17) is 10.00 Å². The molecule has 0 saturated carbocycles. The summed E-state index contributed by atoms with van der Waals surface area (Å²) in [6.07, 6.45) is 0.879. The number of aromatic hydroxyl groups is 1. The van der Waals surface area contributed by atoms with Crippen LogP contribution in [0.2, 0.25) is 0 Å². The molecular formula is C18H17FN4O2. The molecule has 4 rings (SSSR count). The van der Waals surface area contributed by atoms with Gasteiger partial charge in [-0.05, 0) is 37.1 Å². The first-order valence-electron chi connectivity index (χ1n) is 8.28. The van der Waals surface area contributed by atoms with Gasteiger partial charge in [-0.3, -0.25) is 0 Å². The standard InChI is InChI=1S/C18H17FN4O2/c19-18-14-4-2-11(21-14)8-16(18)25-17-6-5-13(22-23-17)12-3-1-10(9-20)7-15(12)24/h1,3,5-7,11,14,16,18,21,24H,2,4,8H2/t11-,14+,16-,18+/m0/s1. The number of phenolic OH excluding ortho intramolecular Hbond substituents is 1. The highest BCUT2D eigenvalue weighted by Crippen LogP contribution is 2.32. The van der Waals surface area contributed by atoms with Crippen LogP contribution < -0.4 is 10.1 Å². The molecule has 1 aromatic carbocycles. The molecule has 2 bridgehead atoms. The Morgan fingerprint density at radius 3 is 2.84 bits per heavy atom. The molecule has 25 heavy (non-hydrogen) atoms. The van der Waals surface area contributed by atoms with Gasteiger partial charge in [0.2, 0.25) is 5.88 Å². The summed E-state index contributed by atoms with van der Waals surface area (Å²) in [7, 11) is 0. The smallest absolute Gasteiger partial charge is 0.233 e. The molecule has 1 aromatic heterocycles. The van der Waals surface area contributed by atoms with Gasteiger partial charge in [0.15, 0.2) is 6.17 Å². The molecule has 2 saturated heterocycles. The molecule has 0 unspecified atom stereocenters. The number of alkyl halides is 1. The molecule has 3 heterocycles. The zero-order valence-electron chi connectivity index (χ0n) is 13.4. The minimum Gasteiger partial charge on any atom is -0.507 e. The van der Waals surface area contributed by atoms with E-state index in [9.17, 15) is 9.50 Å². The van der Waals surface area contributed by atoms with Gasteiger partial charge in [-0.25, -0.2) is 4.39 Å². The Morgan fingerprint density at radius 2 is 2.12 bits per heavy atom. The number of aromatic nitrogens is 2. The molecule has 2 aliphatic heterocycles. The molecule has 2 aliphatic rings. The van der Waals surface area contributed by atoms with E-state index in [1.54, 1.807) is 24.3 Å². The number of halogens is 1. The molecule has 2 fully saturated rings. The predicted octanol–water partition coefficient (Wildman–Crippen LogP) is 2.33. The van der Waals surface area contributed by atoms with Crippen LogP contribution in [0.3, 0.4) is 0 Å². The van der Waals surface area contributed by atoms with Gasteiger partial charge in [-0.15, -0.1) is 10.2 Å². The zero-order valence-corrected chi connectivity index (χ0v) is 13.4. The number of hydrogen-bond acceptors (Lipinski definition) is 6. The van der Waals surface area contributed by atoms with Crippen LogP contribution in [-0.2, 0) is 0 Å². The predicted molar refractivity (Wildman–Crippen MR) is 87.7 cm³/mol. The van der Waals surface area contributed by atoms with Gasteiger partial charge < -0.3 is 15.2 Å². The zero-order chi connectivity index (χ0) is 17.4. The van der Waals surface area contributed by atoms with Crippen molar-refractivity contribution in [3.8, 4) is 29.0 Å². The first-order chi connectivity index (χ1) is 12.1. The van der Waals surface area contributed by atoms with Gasteiger partial charge in [0.1, 0.15) is 11.9 Å². The lowest BCUT2D eigenvalue weighted by Gasteiger charge is -2.32. The fourth-order valence-corrected chi connectivity index (χ4v) is 3.57. The maximum Gasteiger partial charge on any atom is 0.233 e. The van der Waals surface area contributed by atoms with Crippen molar-refractivity contribution in [3.63, 3.8) is 0 Å². The first-order valence-corrected chi connectivity index (χ1v) is 8.28. The molecule has 7 heteroatoms. The topological polar surface area (TPSA) is 91.1 Å². The molecular weight excluding hydrogens is 323 g/mol. The number of nitrogens with zero attached hydrogens (tertiary/aromatic N) is 3. The van der Waals surface area contributed by atoms with Crippen molar-refractivity contribution in [2.75, 3.05) is 0 Å². The number of benzene rings is 1. The fraction of sp³-hybridized carbons (Fsp3) is 0.389. The minimum absolute atomic E-state index is 0.0410. The molecule has 0 spiro atoms. The number of nitrogens with one attached hydrogen (secondary N) is 1. The summed E-state index contributed by atoms with van der Waals surface area (Å²) < 4.78 is 20.1. The van der Waals surface area contributed by atoms with Gasteiger partial charge in [0, 0.05) is 30.1 Å². The minimum atomic E-state index is -1.05. The molecule has 128 valence electrons. The Morgan fingerprint density at radius 1 is 1.24 bits per heavy atom. The van der Waals surface area contributed by atoms with E-state index in [2.05, 4.69) is 15.5 Å². The van der Waals surface area contributed by atoms with E-state index >= 15 is 0 Å². The Kier molecular flexibility index (Phi) is 3.98. The van der Waals surface area contributed by atoms with Gasteiger partial charge in [-0.1, -0.05) is 0 Å². The lowest BCUT2D eigenvalue weighted by molar-refractivity contribution is 0.0422. The van der Waals surface area contributed by atoms with Crippen LogP contribution in [0, 0.1) is 11.3 Å². The molecule has 0 radical (unpaired) electrons. The summed E-state index contributed by atoms with van der Waals surface area (Å²) in [5, 5.41) is 30.2. The Bertz CT molecular complexity index is 821. The largest absolute Gasteiger partial charge is 0.507 e. The average Bonchev–Trinajstić information content (AvgIpc) is 3.04. The maximum absolute atomic E-state index is 14.4. The second kappa shape index (κ2) is 6.30. The van der Waals surface area contributed by atoms with E-state index in [0.717, 1.165) is 12.8 Å². The van der Waals surface area contributed by atoms with Crippen LogP contribution in [0.5, 0.6) is 11.6 Å². The number of phenols is 1. The third-order valence-electron chi connectivity index (χ3n) is 4.85. The van der Waals surface area contributed by atoms with Gasteiger partial charge in [0.25, 0.3) is 0 Å². The molecule has 2 aromatic rings. The van der Waals surface area contributed by atoms with Crippen molar-refractivity contribution in [1.82, 2.24) is 15.5 Å². The normalized spacial score (nSPS) is 27.7. The number of hydrogen-bond donors (Lipinski definition) is 2. The van der Waals surface area contributed by atoms with Crippen molar-refractivity contribution >= 4 is 0 Å². The van der Waals surface area contributed by atoms with E-state index in [-0.39, 0.29) is 17.7 Å². The average molecular weight is 340 g/mol. The summed E-state index contributed by atoms with van der Waals surface area (Å²) in [5.41, 5.74) is 1.29. The number of rotatable bonds is 3. The highest BCUT2D eigenvalue weighted by atomic mass is 19.1. The Hall–Kier alpha value is -2.72. The third kappa shape index (κ3) is 3.01.